The zero-order valence-corrected chi connectivity index (χ0v) is 13.8. The molecule has 0 saturated carbocycles. The van der Waals surface area contributed by atoms with Gasteiger partial charge in [-0.15, -0.1) is 0 Å². The molecule has 3 nitrogen and oxygen atoms in total. The number of halogens is 3. The summed E-state index contributed by atoms with van der Waals surface area (Å²) in [7, 11) is 1.76. The molecule has 114 valence electrons. The van der Waals surface area contributed by atoms with Crippen molar-refractivity contribution in [3.63, 3.8) is 0 Å². The second-order valence-electron chi connectivity index (χ2n) is 4.87. The van der Waals surface area contributed by atoms with Gasteiger partial charge in [0.1, 0.15) is 11.6 Å². The van der Waals surface area contributed by atoms with Crippen LogP contribution in [0.1, 0.15) is 29.9 Å². The molecule has 0 aliphatic rings. The van der Waals surface area contributed by atoms with Gasteiger partial charge in [-0.2, -0.15) is 5.10 Å². The Balaban J connectivity index is 2.35. The molecule has 0 bridgehead atoms. The number of likely N-dealkylation sites (N-methyl/N-ethyl adjacent to an activating group) is 1. The molecule has 1 heterocycles. The molecule has 1 aromatic carbocycles. The van der Waals surface area contributed by atoms with Crippen LogP contribution in [0.5, 0.6) is 0 Å². The summed E-state index contributed by atoms with van der Waals surface area (Å²) < 4.78 is 29.8. The number of nitrogens with zero attached hydrogens (tertiary/aromatic N) is 2. The summed E-state index contributed by atoms with van der Waals surface area (Å²) in [5.41, 5.74) is 2.35. The predicted molar refractivity (Wildman–Crippen MR) is 82.2 cm³/mol. The summed E-state index contributed by atoms with van der Waals surface area (Å²) in [5, 5.41) is 7.53. The SMILES string of the molecule is CCn1nc(C)c(Br)c1CC(NC)c1ccc(F)cc1F. The number of hydrogen-bond donors (Lipinski definition) is 1. The van der Waals surface area contributed by atoms with E-state index in [1.54, 1.807) is 7.05 Å². The fourth-order valence-electron chi connectivity index (χ4n) is 2.41. The van der Waals surface area contributed by atoms with Crippen molar-refractivity contribution in [3.05, 3.63) is 51.3 Å². The highest BCUT2D eigenvalue weighted by Gasteiger charge is 2.20. The lowest BCUT2D eigenvalue weighted by molar-refractivity contribution is 0.502. The van der Waals surface area contributed by atoms with Crippen molar-refractivity contribution >= 4 is 15.9 Å². The van der Waals surface area contributed by atoms with Crippen molar-refractivity contribution in [1.82, 2.24) is 15.1 Å². The van der Waals surface area contributed by atoms with Gasteiger partial charge in [0.05, 0.1) is 15.9 Å². The van der Waals surface area contributed by atoms with Crippen LogP contribution in [0, 0.1) is 18.6 Å². The van der Waals surface area contributed by atoms with Gasteiger partial charge >= 0.3 is 0 Å². The molecular formula is C15H18BrF2N3. The highest BCUT2D eigenvalue weighted by atomic mass is 79.9. The second kappa shape index (κ2) is 6.66. The molecule has 0 aliphatic heterocycles. The topological polar surface area (TPSA) is 29.9 Å². The van der Waals surface area contributed by atoms with Gasteiger partial charge in [0.2, 0.25) is 0 Å². The van der Waals surface area contributed by atoms with E-state index >= 15 is 0 Å². The van der Waals surface area contributed by atoms with Gasteiger partial charge < -0.3 is 5.32 Å². The number of hydrogen-bond acceptors (Lipinski definition) is 2. The molecule has 0 saturated heterocycles. The van der Waals surface area contributed by atoms with Crippen LogP contribution in [-0.2, 0) is 13.0 Å². The van der Waals surface area contributed by atoms with Crippen LogP contribution in [0.3, 0.4) is 0 Å². The molecule has 0 spiro atoms. The maximum atomic E-state index is 14.0. The van der Waals surface area contributed by atoms with Gasteiger partial charge in [-0.25, -0.2) is 8.78 Å². The van der Waals surface area contributed by atoms with E-state index in [0.717, 1.165) is 28.5 Å². The number of aromatic nitrogens is 2. The van der Waals surface area contributed by atoms with Crippen LogP contribution in [0.15, 0.2) is 22.7 Å². The summed E-state index contributed by atoms with van der Waals surface area (Å²) in [5.74, 6) is -1.11. The Morgan fingerprint density at radius 3 is 2.67 bits per heavy atom. The molecule has 0 radical (unpaired) electrons. The fourth-order valence-corrected chi connectivity index (χ4v) is 2.85. The lowest BCUT2D eigenvalue weighted by atomic mass is 10.0. The Hall–Kier alpha value is -1.27. The normalized spacial score (nSPS) is 12.7. The zero-order chi connectivity index (χ0) is 15.6. The van der Waals surface area contributed by atoms with E-state index < -0.39 is 11.6 Å². The van der Waals surface area contributed by atoms with Crippen molar-refractivity contribution in [3.8, 4) is 0 Å². The molecule has 0 amide bonds. The molecule has 6 heteroatoms. The first kappa shape index (κ1) is 16.1. The van der Waals surface area contributed by atoms with Crippen LogP contribution in [0.25, 0.3) is 0 Å². The number of benzene rings is 1. The van der Waals surface area contributed by atoms with E-state index in [0.29, 0.717) is 12.0 Å². The predicted octanol–water partition coefficient (Wildman–Crippen LogP) is 3.76. The highest BCUT2D eigenvalue weighted by molar-refractivity contribution is 9.10. The first-order chi connectivity index (χ1) is 9.97. The summed E-state index contributed by atoms with van der Waals surface area (Å²) in [6.45, 7) is 4.67. The Kier molecular flexibility index (Phi) is 5.11. The molecule has 1 aromatic heterocycles. The van der Waals surface area contributed by atoms with E-state index in [2.05, 4.69) is 26.3 Å². The monoisotopic (exact) mass is 357 g/mol. The average Bonchev–Trinajstić information content (AvgIpc) is 2.72. The Bertz CT molecular complexity index is 640. The Morgan fingerprint density at radius 1 is 1.38 bits per heavy atom. The molecule has 21 heavy (non-hydrogen) atoms. The largest absolute Gasteiger partial charge is 0.313 e. The smallest absolute Gasteiger partial charge is 0.130 e. The molecule has 1 N–H and O–H groups in total. The molecule has 1 unspecified atom stereocenters. The maximum absolute atomic E-state index is 14.0. The van der Waals surface area contributed by atoms with Crippen molar-refractivity contribution in [1.29, 1.82) is 0 Å². The van der Waals surface area contributed by atoms with Crippen LogP contribution < -0.4 is 5.32 Å². The summed E-state index contributed by atoms with van der Waals surface area (Å²) in [4.78, 5) is 0. The molecule has 1 atom stereocenters. The van der Waals surface area contributed by atoms with Crippen LogP contribution >= 0.6 is 15.9 Å². The van der Waals surface area contributed by atoms with Crippen molar-refractivity contribution in [2.24, 2.45) is 0 Å². The third kappa shape index (κ3) is 3.32. The summed E-state index contributed by atoms with van der Waals surface area (Å²) >= 11 is 3.54. The zero-order valence-electron chi connectivity index (χ0n) is 12.3. The molecule has 0 aliphatic carbocycles. The third-order valence-electron chi connectivity index (χ3n) is 3.54. The van der Waals surface area contributed by atoms with Gasteiger partial charge in [0.25, 0.3) is 0 Å². The van der Waals surface area contributed by atoms with Gasteiger partial charge in [-0.3, -0.25) is 4.68 Å². The number of rotatable bonds is 5. The lowest BCUT2D eigenvalue weighted by Gasteiger charge is -2.18. The number of aryl methyl sites for hydroxylation is 2. The highest BCUT2D eigenvalue weighted by Crippen LogP contribution is 2.27. The van der Waals surface area contributed by atoms with Gasteiger partial charge in [-0.1, -0.05) is 6.07 Å². The first-order valence-electron chi connectivity index (χ1n) is 6.81. The molecular weight excluding hydrogens is 340 g/mol. The van der Waals surface area contributed by atoms with Gasteiger partial charge in [0.15, 0.2) is 0 Å². The number of nitrogens with one attached hydrogen (secondary N) is 1. The summed E-state index contributed by atoms with van der Waals surface area (Å²) in [6.07, 6.45) is 0.564. The Labute approximate surface area is 131 Å². The van der Waals surface area contributed by atoms with Crippen LogP contribution in [0.2, 0.25) is 0 Å². The van der Waals surface area contributed by atoms with E-state index in [1.807, 2.05) is 18.5 Å². The first-order valence-corrected chi connectivity index (χ1v) is 7.61. The molecule has 2 rings (SSSR count). The third-order valence-corrected chi connectivity index (χ3v) is 4.57. The van der Waals surface area contributed by atoms with E-state index in [1.165, 1.54) is 12.1 Å². The van der Waals surface area contributed by atoms with Crippen molar-refractivity contribution in [2.75, 3.05) is 7.05 Å². The van der Waals surface area contributed by atoms with Crippen molar-refractivity contribution < 1.29 is 8.78 Å². The minimum Gasteiger partial charge on any atom is -0.313 e. The van der Waals surface area contributed by atoms with E-state index in [9.17, 15) is 8.78 Å². The Morgan fingerprint density at radius 2 is 2.10 bits per heavy atom. The van der Waals surface area contributed by atoms with Crippen LogP contribution in [0.4, 0.5) is 8.78 Å². The van der Waals surface area contributed by atoms with Gasteiger partial charge in [0, 0.05) is 30.6 Å². The van der Waals surface area contributed by atoms with Gasteiger partial charge in [-0.05, 0) is 42.9 Å². The summed E-state index contributed by atoms with van der Waals surface area (Å²) in [6, 6.07) is 3.43. The van der Waals surface area contributed by atoms with E-state index in [4.69, 9.17) is 0 Å². The minimum absolute atomic E-state index is 0.247. The van der Waals surface area contributed by atoms with Crippen molar-refractivity contribution in [2.45, 2.75) is 32.9 Å². The molecule has 2 aromatic rings. The minimum atomic E-state index is -0.568. The quantitative estimate of drug-likeness (QED) is 0.882. The standard InChI is InChI=1S/C15H18BrF2N3/c1-4-21-14(15(16)9(2)20-21)8-13(19-3)11-6-5-10(17)7-12(11)18/h5-7,13,19H,4,8H2,1-3H3. The molecule has 0 fully saturated rings. The average molecular weight is 358 g/mol. The maximum Gasteiger partial charge on any atom is 0.130 e. The van der Waals surface area contributed by atoms with Crippen LogP contribution in [-0.4, -0.2) is 16.8 Å². The second-order valence-corrected chi connectivity index (χ2v) is 5.67. The lowest BCUT2D eigenvalue weighted by Crippen LogP contribution is -2.22. The van der Waals surface area contributed by atoms with E-state index in [-0.39, 0.29) is 6.04 Å². The fraction of sp³-hybridized carbons (Fsp3) is 0.400.